The largest absolute Gasteiger partial charge is 0.383 e. The predicted molar refractivity (Wildman–Crippen MR) is 112 cm³/mol. The lowest BCUT2D eigenvalue weighted by Crippen LogP contribution is -2.38. The highest BCUT2D eigenvalue weighted by atomic mass is 19.2. The van der Waals surface area contributed by atoms with Gasteiger partial charge in [-0.15, -0.1) is 25.2 Å². The van der Waals surface area contributed by atoms with E-state index in [-0.39, 0.29) is 25.2 Å². The molecular weight excluding hydrogens is 407 g/mol. The summed E-state index contributed by atoms with van der Waals surface area (Å²) in [6.07, 6.45) is 17.3. The highest BCUT2D eigenvalue weighted by Crippen LogP contribution is 2.38. The molecule has 0 spiro atoms. The normalized spacial score (nSPS) is 12.4. The third-order valence-electron chi connectivity index (χ3n) is 4.11. The summed E-state index contributed by atoms with van der Waals surface area (Å²) in [4.78, 5) is 11.2. The second kappa shape index (κ2) is 12.8. The van der Waals surface area contributed by atoms with E-state index in [9.17, 15) is 18.3 Å². The lowest BCUT2D eigenvalue weighted by Gasteiger charge is -2.34. The Bertz CT molecular complexity index is 1000. The quantitative estimate of drug-likeness (QED) is 0.624. The van der Waals surface area contributed by atoms with E-state index >= 15 is 0 Å². The lowest BCUT2D eigenvalue weighted by atomic mass is 9.80. The van der Waals surface area contributed by atoms with Gasteiger partial charge in [0.1, 0.15) is 24.6 Å². The van der Waals surface area contributed by atoms with Crippen molar-refractivity contribution < 1.29 is 18.3 Å². The van der Waals surface area contributed by atoms with Crippen molar-refractivity contribution in [1.29, 1.82) is 0 Å². The molecule has 0 aliphatic rings. The first-order valence-corrected chi connectivity index (χ1v) is 8.49. The van der Waals surface area contributed by atoms with Gasteiger partial charge in [0.2, 0.25) is 0 Å². The van der Waals surface area contributed by atoms with Gasteiger partial charge in [0.05, 0.1) is 18.4 Å². The van der Waals surface area contributed by atoms with Crippen LogP contribution >= 0.6 is 0 Å². The fourth-order valence-corrected chi connectivity index (χ4v) is 2.67. The molecule has 3 rings (SSSR count). The van der Waals surface area contributed by atoms with E-state index in [0.717, 1.165) is 24.7 Å². The maximum absolute atomic E-state index is 14.1. The molecule has 9 heteroatoms. The first-order chi connectivity index (χ1) is 14.3. The van der Waals surface area contributed by atoms with Crippen LogP contribution in [0.3, 0.4) is 0 Å². The molecule has 0 saturated heterocycles. The van der Waals surface area contributed by atoms with Gasteiger partial charge in [-0.05, 0) is 24.6 Å². The number of halogens is 3. The number of hydrogen-bond acceptors (Lipinski definition) is 5. The molecule has 0 fully saturated rings. The van der Waals surface area contributed by atoms with Gasteiger partial charge in [-0.2, -0.15) is 5.10 Å². The van der Waals surface area contributed by atoms with Crippen LogP contribution in [0.4, 0.5) is 13.2 Å². The summed E-state index contributed by atoms with van der Waals surface area (Å²) in [5.74, 6) is -1.54. The molecule has 6 nitrogen and oxygen atoms in total. The SMILES string of the molecule is C.C#C.C#CC.C[C@@H](c1ncncc1F)[C@](O)(Cn1cncn1)c1ccc(F)c(F)c1. The van der Waals surface area contributed by atoms with Gasteiger partial charge in [0, 0.05) is 5.92 Å². The average Bonchev–Trinajstić information content (AvgIpc) is 3.24. The van der Waals surface area contributed by atoms with Crippen molar-refractivity contribution in [2.45, 2.75) is 39.3 Å². The third-order valence-corrected chi connectivity index (χ3v) is 4.11. The molecule has 31 heavy (non-hydrogen) atoms. The van der Waals surface area contributed by atoms with E-state index < -0.39 is 29.0 Å². The Morgan fingerprint density at radius 3 is 2.29 bits per heavy atom. The summed E-state index contributed by atoms with van der Waals surface area (Å²) in [7, 11) is 0. The molecule has 3 aromatic rings. The molecular formula is C22H24F3N5O. The summed E-state index contributed by atoms with van der Waals surface area (Å²) < 4.78 is 42.4. The number of terminal acetylenes is 2. The van der Waals surface area contributed by atoms with E-state index in [1.165, 1.54) is 30.3 Å². The van der Waals surface area contributed by atoms with Gasteiger partial charge >= 0.3 is 0 Å². The number of hydrogen-bond donors (Lipinski definition) is 1. The average molecular weight is 431 g/mol. The summed E-state index contributed by atoms with van der Waals surface area (Å²) in [6.45, 7) is 3.02. The molecule has 0 bridgehead atoms. The first-order valence-electron chi connectivity index (χ1n) is 8.49. The number of nitrogens with zero attached hydrogens (tertiary/aromatic N) is 5. The van der Waals surface area contributed by atoms with E-state index in [2.05, 4.69) is 45.2 Å². The maximum atomic E-state index is 14.1. The minimum absolute atomic E-state index is 0. The number of rotatable bonds is 5. The zero-order valence-electron chi connectivity index (χ0n) is 16.4. The highest BCUT2D eigenvalue weighted by Gasteiger charge is 2.40. The van der Waals surface area contributed by atoms with Crippen LogP contribution in [0.1, 0.15) is 38.4 Å². The summed E-state index contributed by atoms with van der Waals surface area (Å²) in [5.41, 5.74) is -1.81. The third kappa shape index (κ3) is 6.66. The Balaban J connectivity index is 0.00000138. The number of aromatic nitrogens is 5. The van der Waals surface area contributed by atoms with Crippen molar-refractivity contribution in [3.63, 3.8) is 0 Å². The van der Waals surface area contributed by atoms with Crippen molar-refractivity contribution in [3.8, 4) is 25.2 Å². The Kier molecular flexibility index (Phi) is 11.3. The van der Waals surface area contributed by atoms with Gasteiger partial charge in [0.15, 0.2) is 17.5 Å². The van der Waals surface area contributed by atoms with Gasteiger partial charge in [-0.3, -0.25) is 0 Å². The molecule has 0 amide bonds. The number of benzene rings is 1. The molecule has 164 valence electrons. The molecule has 2 aromatic heterocycles. The Morgan fingerprint density at radius 2 is 1.77 bits per heavy atom. The molecule has 1 aromatic carbocycles. The minimum Gasteiger partial charge on any atom is -0.383 e. The molecule has 0 unspecified atom stereocenters. The van der Waals surface area contributed by atoms with E-state index in [1.807, 2.05) is 0 Å². The first kappa shape index (κ1) is 27.3. The van der Waals surface area contributed by atoms with Crippen LogP contribution in [-0.4, -0.2) is 29.8 Å². The van der Waals surface area contributed by atoms with E-state index in [0.29, 0.717) is 0 Å². The topological polar surface area (TPSA) is 76.7 Å². The van der Waals surface area contributed by atoms with Crippen LogP contribution in [0.25, 0.3) is 0 Å². The fraction of sp³-hybridized carbons (Fsp3) is 0.273. The minimum atomic E-state index is -1.82. The lowest BCUT2D eigenvalue weighted by molar-refractivity contribution is -0.0105. The van der Waals surface area contributed by atoms with Crippen LogP contribution in [-0.2, 0) is 12.1 Å². The van der Waals surface area contributed by atoms with Crippen molar-refractivity contribution >= 4 is 0 Å². The fourth-order valence-electron chi connectivity index (χ4n) is 2.67. The van der Waals surface area contributed by atoms with Crippen LogP contribution in [0, 0.1) is 42.6 Å². The Morgan fingerprint density at radius 1 is 1.13 bits per heavy atom. The van der Waals surface area contributed by atoms with E-state index in [1.54, 1.807) is 6.92 Å². The Hall–Kier alpha value is -3.69. The van der Waals surface area contributed by atoms with Crippen LogP contribution < -0.4 is 0 Å². The van der Waals surface area contributed by atoms with Crippen molar-refractivity contribution in [1.82, 2.24) is 24.7 Å². The van der Waals surface area contributed by atoms with Crippen molar-refractivity contribution in [2.75, 3.05) is 0 Å². The molecule has 0 aliphatic carbocycles. The molecule has 1 N–H and O–H groups in total. The standard InChI is InChI=1S/C16H14F3N5O.C3H4.C2H2.CH4/c1-10(15-14(19)5-20-7-22-15)16(25,6-24-9-21-8-23-24)11-2-3-12(17)13(18)4-11;1-3-2;1-2;/h2-5,7-10,25H,6H2,1H3;1H,2H3;1-2H;1H4/t10-,16+;;;/m0.../s1. The number of aliphatic hydroxyl groups is 1. The molecule has 0 aliphatic heterocycles. The van der Waals surface area contributed by atoms with Gasteiger partial charge in [-0.25, -0.2) is 32.8 Å². The molecule has 0 radical (unpaired) electrons. The molecule has 2 heterocycles. The maximum Gasteiger partial charge on any atom is 0.163 e. The summed E-state index contributed by atoms with van der Waals surface area (Å²) in [5, 5.41) is 15.2. The summed E-state index contributed by atoms with van der Waals surface area (Å²) in [6, 6.07) is 3.02. The second-order valence-corrected chi connectivity index (χ2v) is 5.91. The predicted octanol–water partition coefficient (Wildman–Crippen LogP) is 3.70. The molecule has 2 atom stereocenters. The monoisotopic (exact) mass is 431 g/mol. The van der Waals surface area contributed by atoms with Gasteiger partial charge < -0.3 is 5.11 Å². The van der Waals surface area contributed by atoms with Gasteiger partial charge in [0.25, 0.3) is 0 Å². The smallest absolute Gasteiger partial charge is 0.163 e. The second-order valence-electron chi connectivity index (χ2n) is 5.91. The Labute approximate surface area is 180 Å². The van der Waals surface area contributed by atoms with Crippen molar-refractivity contribution in [3.05, 3.63) is 72.1 Å². The van der Waals surface area contributed by atoms with E-state index in [4.69, 9.17) is 0 Å². The summed E-state index contributed by atoms with van der Waals surface area (Å²) >= 11 is 0. The van der Waals surface area contributed by atoms with Crippen LogP contribution in [0.5, 0.6) is 0 Å². The van der Waals surface area contributed by atoms with Crippen molar-refractivity contribution in [2.24, 2.45) is 0 Å². The van der Waals surface area contributed by atoms with Crippen LogP contribution in [0.2, 0.25) is 0 Å². The van der Waals surface area contributed by atoms with Crippen LogP contribution in [0.15, 0.2) is 43.4 Å². The van der Waals surface area contributed by atoms with Gasteiger partial charge in [-0.1, -0.05) is 20.4 Å². The zero-order chi connectivity index (χ0) is 22.7. The highest BCUT2D eigenvalue weighted by molar-refractivity contribution is 5.29. The zero-order valence-corrected chi connectivity index (χ0v) is 16.4. The molecule has 0 saturated carbocycles.